The van der Waals surface area contributed by atoms with E-state index < -0.39 is 0 Å². The van der Waals surface area contributed by atoms with Crippen molar-refractivity contribution in [3.05, 3.63) is 76.9 Å². The first-order valence-corrected chi connectivity index (χ1v) is 7.84. The molecule has 1 aliphatic rings. The fraction of sp³-hybridized carbons (Fsp3) is 0. The number of ether oxygens (including phenoxy) is 1. The maximum absolute atomic E-state index is 12.9. The SMILES string of the molecule is Nc1cc(Oc2cccc(O)c2)c(N)c2c1C(=O)c1ccccc1C2=O. The molecule has 0 amide bonds. The number of anilines is 2. The highest BCUT2D eigenvalue weighted by atomic mass is 16.5. The van der Waals surface area contributed by atoms with Crippen LogP contribution >= 0.6 is 0 Å². The molecule has 0 atom stereocenters. The lowest BCUT2D eigenvalue weighted by atomic mass is 9.82. The minimum atomic E-state index is -0.374. The molecule has 0 radical (unpaired) electrons. The molecule has 0 heterocycles. The van der Waals surface area contributed by atoms with Gasteiger partial charge in [-0.2, -0.15) is 0 Å². The van der Waals surface area contributed by atoms with Crippen molar-refractivity contribution in [3.63, 3.8) is 0 Å². The van der Waals surface area contributed by atoms with Gasteiger partial charge in [0.15, 0.2) is 17.3 Å². The molecule has 1 aliphatic carbocycles. The van der Waals surface area contributed by atoms with Crippen LogP contribution in [0.25, 0.3) is 0 Å². The Bertz CT molecular complexity index is 1090. The molecule has 6 nitrogen and oxygen atoms in total. The highest BCUT2D eigenvalue weighted by Crippen LogP contribution is 2.41. The molecular weight excluding hydrogens is 332 g/mol. The summed E-state index contributed by atoms with van der Waals surface area (Å²) in [7, 11) is 0. The van der Waals surface area contributed by atoms with Crippen LogP contribution in [0.15, 0.2) is 54.6 Å². The van der Waals surface area contributed by atoms with Crippen molar-refractivity contribution in [1.82, 2.24) is 0 Å². The number of rotatable bonds is 2. The molecule has 3 aromatic carbocycles. The lowest BCUT2D eigenvalue weighted by molar-refractivity contribution is 0.0980. The largest absolute Gasteiger partial charge is 0.508 e. The molecule has 0 saturated carbocycles. The Morgan fingerprint density at radius 3 is 2.12 bits per heavy atom. The van der Waals surface area contributed by atoms with Gasteiger partial charge in [-0.05, 0) is 12.1 Å². The predicted octanol–water partition coefficient (Wildman–Crippen LogP) is 3.12. The van der Waals surface area contributed by atoms with Gasteiger partial charge in [0.25, 0.3) is 0 Å². The van der Waals surface area contributed by atoms with E-state index in [9.17, 15) is 14.7 Å². The Morgan fingerprint density at radius 2 is 1.46 bits per heavy atom. The summed E-state index contributed by atoms with van der Waals surface area (Å²) in [6.45, 7) is 0. The molecule has 0 fully saturated rings. The Hall–Kier alpha value is -3.80. The van der Waals surface area contributed by atoms with Gasteiger partial charge in [0, 0.05) is 28.9 Å². The quantitative estimate of drug-likeness (QED) is 0.480. The Labute approximate surface area is 148 Å². The van der Waals surface area contributed by atoms with Crippen LogP contribution in [0.2, 0.25) is 0 Å². The third-order valence-corrected chi connectivity index (χ3v) is 4.28. The molecule has 0 unspecified atom stereocenters. The van der Waals surface area contributed by atoms with E-state index >= 15 is 0 Å². The summed E-state index contributed by atoms with van der Waals surface area (Å²) in [4.78, 5) is 25.7. The van der Waals surface area contributed by atoms with Crippen molar-refractivity contribution in [2.24, 2.45) is 0 Å². The number of phenolic OH excluding ortho intramolecular Hbond substituents is 1. The van der Waals surface area contributed by atoms with Gasteiger partial charge in [-0.25, -0.2) is 0 Å². The standard InChI is InChI=1S/C20H14N2O4/c21-14-9-15(26-11-5-3-4-10(23)8-11)18(22)17-16(14)19(24)12-6-1-2-7-13(12)20(17)25/h1-9,23H,21-22H2. The highest BCUT2D eigenvalue weighted by Gasteiger charge is 2.34. The van der Waals surface area contributed by atoms with Crippen molar-refractivity contribution in [1.29, 1.82) is 0 Å². The lowest BCUT2D eigenvalue weighted by Gasteiger charge is -2.22. The third kappa shape index (κ3) is 2.28. The van der Waals surface area contributed by atoms with Crippen molar-refractivity contribution >= 4 is 22.9 Å². The molecule has 0 saturated heterocycles. The highest BCUT2D eigenvalue weighted by molar-refractivity contribution is 6.32. The van der Waals surface area contributed by atoms with E-state index in [1.807, 2.05) is 0 Å². The molecule has 3 aromatic rings. The second-order valence-electron chi connectivity index (χ2n) is 5.93. The number of phenols is 1. The average molecular weight is 346 g/mol. The number of carbonyl (C=O) groups excluding carboxylic acids is 2. The Morgan fingerprint density at radius 1 is 0.808 bits per heavy atom. The van der Waals surface area contributed by atoms with E-state index in [0.717, 1.165) is 0 Å². The van der Waals surface area contributed by atoms with Crippen molar-refractivity contribution in [2.75, 3.05) is 11.5 Å². The molecule has 0 aromatic heterocycles. The Balaban J connectivity index is 1.88. The van der Waals surface area contributed by atoms with E-state index in [1.165, 1.54) is 18.2 Å². The van der Waals surface area contributed by atoms with Crippen LogP contribution in [0.4, 0.5) is 11.4 Å². The Kier molecular flexibility index (Phi) is 3.40. The van der Waals surface area contributed by atoms with Gasteiger partial charge in [0.05, 0.1) is 16.8 Å². The normalized spacial score (nSPS) is 12.5. The number of fused-ring (bicyclic) bond motifs is 2. The monoisotopic (exact) mass is 346 g/mol. The van der Waals surface area contributed by atoms with Crippen LogP contribution in [0.5, 0.6) is 17.2 Å². The smallest absolute Gasteiger partial charge is 0.196 e. The number of aromatic hydroxyl groups is 1. The number of hydrogen-bond donors (Lipinski definition) is 3. The topological polar surface area (TPSA) is 116 Å². The third-order valence-electron chi connectivity index (χ3n) is 4.28. The van der Waals surface area contributed by atoms with Crippen LogP contribution < -0.4 is 16.2 Å². The van der Waals surface area contributed by atoms with Crippen molar-refractivity contribution in [2.45, 2.75) is 0 Å². The van der Waals surface area contributed by atoms with Crippen LogP contribution in [0.1, 0.15) is 31.8 Å². The molecule has 0 spiro atoms. The fourth-order valence-corrected chi connectivity index (χ4v) is 3.08. The van der Waals surface area contributed by atoms with Gasteiger partial charge >= 0.3 is 0 Å². The minimum absolute atomic E-state index is 0.0205. The first-order chi connectivity index (χ1) is 12.5. The zero-order valence-corrected chi connectivity index (χ0v) is 13.5. The zero-order chi connectivity index (χ0) is 18.4. The molecule has 5 N–H and O–H groups in total. The second kappa shape index (κ2) is 5.63. The zero-order valence-electron chi connectivity index (χ0n) is 13.5. The van der Waals surface area contributed by atoms with Gasteiger partial charge in [-0.3, -0.25) is 9.59 Å². The minimum Gasteiger partial charge on any atom is -0.508 e. The summed E-state index contributed by atoms with van der Waals surface area (Å²) in [6.07, 6.45) is 0. The predicted molar refractivity (Wildman–Crippen MR) is 96.8 cm³/mol. The van der Waals surface area contributed by atoms with Gasteiger partial charge in [0.2, 0.25) is 0 Å². The summed E-state index contributed by atoms with van der Waals surface area (Å²) in [6, 6.07) is 14.1. The summed E-state index contributed by atoms with van der Waals surface area (Å²) in [5.41, 5.74) is 13.1. The number of benzene rings is 3. The van der Waals surface area contributed by atoms with Gasteiger partial charge in [-0.15, -0.1) is 0 Å². The van der Waals surface area contributed by atoms with Crippen LogP contribution in [0, 0.1) is 0 Å². The second-order valence-corrected chi connectivity index (χ2v) is 5.93. The number of hydrogen-bond acceptors (Lipinski definition) is 6. The van der Waals surface area contributed by atoms with E-state index in [0.29, 0.717) is 11.3 Å². The van der Waals surface area contributed by atoms with Gasteiger partial charge in [0.1, 0.15) is 11.5 Å². The van der Waals surface area contributed by atoms with E-state index in [4.69, 9.17) is 16.2 Å². The number of carbonyl (C=O) groups is 2. The molecule has 0 aliphatic heterocycles. The molecule has 6 heteroatoms. The first kappa shape index (κ1) is 15.7. The van der Waals surface area contributed by atoms with Crippen LogP contribution in [-0.2, 0) is 0 Å². The molecular formula is C20H14N2O4. The first-order valence-electron chi connectivity index (χ1n) is 7.84. The van der Waals surface area contributed by atoms with Gasteiger partial charge < -0.3 is 21.3 Å². The van der Waals surface area contributed by atoms with Crippen molar-refractivity contribution in [3.8, 4) is 17.2 Å². The van der Waals surface area contributed by atoms with Crippen molar-refractivity contribution < 1.29 is 19.4 Å². The summed E-state index contributed by atoms with van der Waals surface area (Å²) in [5.74, 6) is -0.227. The summed E-state index contributed by atoms with van der Waals surface area (Å²) in [5, 5.41) is 9.56. The number of nitrogens with two attached hydrogens (primary N) is 2. The van der Waals surface area contributed by atoms with Gasteiger partial charge in [-0.1, -0.05) is 30.3 Å². The van der Waals surface area contributed by atoms with E-state index in [-0.39, 0.29) is 51.1 Å². The molecule has 128 valence electrons. The van der Waals surface area contributed by atoms with Crippen LogP contribution in [-0.4, -0.2) is 16.7 Å². The number of ketones is 2. The maximum Gasteiger partial charge on any atom is 0.196 e. The van der Waals surface area contributed by atoms with E-state index in [1.54, 1.807) is 36.4 Å². The average Bonchev–Trinajstić information content (AvgIpc) is 2.62. The fourth-order valence-electron chi connectivity index (χ4n) is 3.08. The lowest BCUT2D eigenvalue weighted by Crippen LogP contribution is -2.24. The summed E-state index contributed by atoms with van der Waals surface area (Å²) >= 11 is 0. The van der Waals surface area contributed by atoms with E-state index in [2.05, 4.69) is 0 Å². The van der Waals surface area contributed by atoms with Crippen LogP contribution in [0.3, 0.4) is 0 Å². The summed E-state index contributed by atoms with van der Waals surface area (Å²) < 4.78 is 5.68. The molecule has 26 heavy (non-hydrogen) atoms. The number of nitrogen functional groups attached to an aromatic ring is 2. The molecule has 4 rings (SSSR count). The molecule has 0 bridgehead atoms. The maximum atomic E-state index is 12.9.